The standard InChI is InChI=1S/C31H33N7O2S/c1-21(2)30(31(40)32-23-14-16-24(17-15-23)36(3)4)37(18-28-33-26(20-41-28)22-10-6-5-7-11-22)29(39)19-38-27-13-9-8-12-25(27)34-35-38/h5-17,20-21,30H,18-19H2,1-4H3,(H,32,40). The molecular weight excluding hydrogens is 534 g/mol. The molecule has 9 nitrogen and oxygen atoms in total. The zero-order valence-corrected chi connectivity index (χ0v) is 24.4. The number of nitrogens with one attached hydrogen (secondary N) is 1. The van der Waals surface area contributed by atoms with Crippen molar-refractivity contribution in [1.82, 2.24) is 24.9 Å². The predicted octanol–water partition coefficient (Wildman–Crippen LogP) is 5.31. The summed E-state index contributed by atoms with van der Waals surface area (Å²) in [7, 11) is 3.93. The molecule has 1 N–H and O–H groups in total. The van der Waals surface area contributed by atoms with E-state index in [2.05, 4.69) is 15.6 Å². The largest absolute Gasteiger partial charge is 0.378 e. The fraction of sp³-hybridized carbons (Fsp3) is 0.258. The molecule has 0 saturated carbocycles. The molecule has 0 bridgehead atoms. The van der Waals surface area contributed by atoms with Crippen molar-refractivity contribution in [2.75, 3.05) is 24.3 Å². The van der Waals surface area contributed by atoms with E-state index >= 15 is 0 Å². The van der Waals surface area contributed by atoms with Gasteiger partial charge in [-0.05, 0) is 42.3 Å². The molecule has 2 aromatic heterocycles. The Balaban J connectivity index is 1.44. The first-order valence-corrected chi connectivity index (χ1v) is 14.3. The minimum absolute atomic E-state index is 0.0501. The zero-order chi connectivity index (χ0) is 28.9. The normalized spacial score (nSPS) is 11.9. The van der Waals surface area contributed by atoms with E-state index in [1.165, 1.54) is 11.3 Å². The Morgan fingerprint density at radius 1 is 0.951 bits per heavy atom. The lowest BCUT2D eigenvalue weighted by Gasteiger charge is -2.33. The van der Waals surface area contributed by atoms with Gasteiger partial charge in [-0.2, -0.15) is 0 Å². The maximum atomic E-state index is 14.0. The number of amides is 2. The molecule has 0 aliphatic carbocycles. The molecule has 0 aliphatic rings. The second-order valence-electron chi connectivity index (χ2n) is 10.4. The summed E-state index contributed by atoms with van der Waals surface area (Å²) in [6.45, 7) is 4.04. The number of hydrogen-bond donors (Lipinski definition) is 1. The number of aromatic nitrogens is 4. The first-order chi connectivity index (χ1) is 19.8. The fourth-order valence-electron chi connectivity index (χ4n) is 4.73. The van der Waals surface area contributed by atoms with E-state index < -0.39 is 6.04 Å². The van der Waals surface area contributed by atoms with Crippen LogP contribution in [-0.4, -0.2) is 56.8 Å². The van der Waals surface area contributed by atoms with Crippen molar-refractivity contribution < 1.29 is 9.59 Å². The SMILES string of the molecule is CC(C)C(C(=O)Nc1ccc(N(C)C)cc1)N(Cc1nc(-c2ccccc2)cs1)C(=O)Cn1nnc2ccccc21. The Bertz CT molecular complexity index is 1630. The van der Waals surface area contributed by atoms with Gasteiger partial charge < -0.3 is 15.1 Å². The van der Waals surface area contributed by atoms with Gasteiger partial charge in [0.1, 0.15) is 23.1 Å². The van der Waals surface area contributed by atoms with Crippen LogP contribution in [-0.2, 0) is 22.7 Å². The number of thiazole rings is 1. The van der Waals surface area contributed by atoms with Crippen LogP contribution in [0.1, 0.15) is 18.9 Å². The summed E-state index contributed by atoms with van der Waals surface area (Å²) in [5.41, 5.74) is 5.00. The maximum Gasteiger partial charge on any atom is 0.247 e. The molecule has 41 heavy (non-hydrogen) atoms. The molecule has 5 aromatic rings. The molecule has 0 radical (unpaired) electrons. The van der Waals surface area contributed by atoms with Gasteiger partial charge in [0, 0.05) is 36.4 Å². The monoisotopic (exact) mass is 567 g/mol. The number of carbonyl (C=O) groups is 2. The number of rotatable bonds is 10. The van der Waals surface area contributed by atoms with Gasteiger partial charge in [-0.15, -0.1) is 16.4 Å². The molecule has 1 atom stereocenters. The maximum absolute atomic E-state index is 14.0. The molecule has 0 fully saturated rings. The highest BCUT2D eigenvalue weighted by atomic mass is 32.1. The Labute approximate surface area is 243 Å². The van der Waals surface area contributed by atoms with Crippen molar-refractivity contribution in [2.45, 2.75) is 33.0 Å². The Morgan fingerprint density at radius 3 is 2.37 bits per heavy atom. The minimum Gasteiger partial charge on any atom is -0.378 e. The van der Waals surface area contributed by atoms with E-state index in [-0.39, 0.29) is 30.8 Å². The summed E-state index contributed by atoms with van der Waals surface area (Å²) in [5.74, 6) is -0.663. The molecule has 2 amide bonds. The second-order valence-corrected chi connectivity index (χ2v) is 11.3. The molecular formula is C31H33N7O2S. The summed E-state index contributed by atoms with van der Waals surface area (Å²) in [6, 6.07) is 24.3. The first kappa shape index (κ1) is 28.0. The van der Waals surface area contributed by atoms with Gasteiger partial charge in [-0.25, -0.2) is 9.67 Å². The average Bonchev–Trinajstić information content (AvgIpc) is 3.60. The van der Waals surface area contributed by atoms with Crippen molar-refractivity contribution in [3.8, 4) is 11.3 Å². The summed E-state index contributed by atoms with van der Waals surface area (Å²) in [5, 5.41) is 14.2. The minimum atomic E-state index is -0.741. The molecule has 5 rings (SSSR count). The lowest BCUT2D eigenvalue weighted by atomic mass is 10.0. The van der Waals surface area contributed by atoms with E-state index in [0.717, 1.165) is 27.5 Å². The highest BCUT2D eigenvalue weighted by molar-refractivity contribution is 7.09. The van der Waals surface area contributed by atoms with Crippen LogP contribution in [0.2, 0.25) is 0 Å². The van der Waals surface area contributed by atoms with Crippen LogP contribution in [0.15, 0.2) is 84.2 Å². The Hall–Kier alpha value is -4.57. The van der Waals surface area contributed by atoms with Gasteiger partial charge in [0.25, 0.3) is 0 Å². The van der Waals surface area contributed by atoms with Crippen LogP contribution in [0.3, 0.4) is 0 Å². The van der Waals surface area contributed by atoms with Gasteiger partial charge in [-0.3, -0.25) is 9.59 Å². The number of carbonyl (C=O) groups excluding carboxylic acids is 2. The molecule has 1 unspecified atom stereocenters. The van der Waals surface area contributed by atoms with Crippen molar-refractivity contribution >= 4 is 45.6 Å². The fourth-order valence-corrected chi connectivity index (χ4v) is 5.53. The molecule has 0 saturated heterocycles. The lowest BCUT2D eigenvalue weighted by Crippen LogP contribution is -2.50. The lowest BCUT2D eigenvalue weighted by molar-refractivity contribution is -0.141. The summed E-state index contributed by atoms with van der Waals surface area (Å²) < 4.78 is 1.58. The molecule has 0 spiro atoms. The van der Waals surface area contributed by atoms with E-state index in [9.17, 15) is 9.59 Å². The number of hydrogen-bond acceptors (Lipinski definition) is 7. The van der Waals surface area contributed by atoms with Crippen LogP contribution in [0, 0.1) is 5.92 Å². The quantitative estimate of drug-likeness (QED) is 0.246. The number of para-hydroxylation sites is 1. The van der Waals surface area contributed by atoms with Gasteiger partial charge >= 0.3 is 0 Å². The van der Waals surface area contributed by atoms with Crippen LogP contribution in [0.25, 0.3) is 22.3 Å². The summed E-state index contributed by atoms with van der Waals surface area (Å²) in [6.07, 6.45) is 0. The highest BCUT2D eigenvalue weighted by Gasteiger charge is 2.34. The van der Waals surface area contributed by atoms with E-state index in [4.69, 9.17) is 4.98 Å². The van der Waals surface area contributed by atoms with Crippen molar-refractivity contribution in [2.24, 2.45) is 5.92 Å². The topological polar surface area (TPSA) is 96.2 Å². The molecule has 0 aliphatic heterocycles. The van der Waals surface area contributed by atoms with Crippen LogP contribution in [0.5, 0.6) is 0 Å². The average molecular weight is 568 g/mol. The van der Waals surface area contributed by atoms with Crippen LogP contribution >= 0.6 is 11.3 Å². The Kier molecular flexibility index (Phi) is 8.39. The summed E-state index contributed by atoms with van der Waals surface area (Å²) >= 11 is 1.47. The van der Waals surface area contributed by atoms with E-state index in [1.807, 2.05) is 117 Å². The predicted molar refractivity (Wildman–Crippen MR) is 164 cm³/mol. The molecule has 10 heteroatoms. The van der Waals surface area contributed by atoms with Crippen LogP contribution < -0.4 is 10.2 Å². The van der Waals surface area contributed by atoms with Gasteiger partial charge in [-0.1, -0.05) is 61.5 Å². The van der Waals surface area contributed by atoms with E-state index in [1.54, 1.807) is 9.58 Å². The van der Waals surface area contributed by atoms with Gasteiger partial charge in [0.15, 0.2) is 0 Å². The van der Waals surface area contributed by atoms with Crippen molar-refractivity contribution in [3.63, 3.8) is 0 Å². The zero-order valence-electron chi connectivity index (χ0n) is 23.6. The number of fused-ring (bicyclic) bond motifs is 1. The van der Waals surface area contributed by atoms with Gasteiger partial charge in [0.05, 0.1) is 17.8 Å². The third-order valence-corrected chi connectivity index (χ3v) is 7.67. The van der Waals surface area contributed by atoms with Crippen molar-refractivity contribution in [1.29, 1.82) is 0 Å². The van der Waals surface area contributed by atoms with E-state index in [0.29, 0.717) is 11.2 Å². The highest BCUT2D eigenvalue weighted by Crippen LogP contribution is 2.25. The summed E-state index contributed by atoms with van der Waals surface area (Å²) in [4.78, 5) is 36.2. The Morgan fingerprint density at radius 2 is 1.66 bits per heavy atom. The third-order valence-electron chi connectivity index (χ3n) is 6.84. The van der Waals surface area contributed by atoms with Crippen molar-refractivity contribution in [3.05, 3.63) is 89.3 Å². The smallest absolute Gasteiger partial charge is 0.247 e. The number of nitrogens with zero attached hydrogens (tertiary/aromatic N) is 6. The van der Waals surface area contributed by atoms with Crippen LogP contribution in [0.4, 0.5) is 11.4 Å². The molecule has 2 heterocycles. The number of benzene rings is 3. The van der Waals surface area contributed by atoms with Gasteiger partial charge in [0.2, 0.25) is 11.8 Å². The molecule has 210 valence electrons. The molecule has 3 aromatic carbocycles. The third kappa shape index (κ3) is 6.44. The first-order valence-electron chi connectivity index (χ1n) is 13.5. The number of anilines is 2. The second kappa shape index (κ2) is 12.3.